The molecule has 1 rings (SSSR count). The van der Waals surface area contributed by atoms with Crippen molar-refractivity contribution in [3.05, 3.63) is 24.3 Å². The predicted molar refractivity (Wildman–Crippen MR) is 49.5 cm³/mol. The van der Waals surface area contributed by atoms with E-state index in [1.54, 1.807) is 12.2 Å². The van der Waals surface area contributed by atoms with Crippen molar-refractivity contribution in [1.82, 2.24) is 0 Å². The Hall–Kier alpha value is -1.17. The summed E-state index contributed by atoms with van der Waals surface area (Å²) in [6.07, 6.45) is 4.52. The maximum absolute atomic E-state index is 10.5. The summed E-state index contributed by atoms with van der Waals surface area (Å²) in [5.41, 5.74) is 3.69. The number of aliphatic hydroxyl groups is 2. The van der Waals surface area contributed by atoms with Gasteiger partial charge in [0.15, 0.2) is 0 Å². The van der Waals surface area contributed by atoms with Crippen LogP contribution >= 0.6 is 0 Å². The highest BCUT2D eigenvalue weighted by molar-refractivity contribution is 5.73. The van der Waals surface area contributed by atoms with Crippen LogP contribution in [0.2, 0.25) is 0 Å². The number of allylic oxidation sites excluding steroid dienone is 2. The largest absolute Gasteiger partial charge is 0.480 e. The van der Waals surface area contributed by atoms with Gasteiger partial charge in [0.1, 0.15) is 17.7 Å². The Morgan fingerprint density at radius 3 is 2.71 bits per heavy atom. The van der Waals surface area contributed by atoms with Gasteiger partial charge >= 0.3 is 5.97 Å². The van der Waals surface area contributed by atoms with E-state index in [-0.39, 0.29) is 6.42 Å². The Bertz CT molecular complexity index is 287. The second kappa shape index (κ2) is 3.91. The lowest BCUT2D eigenvalue weighted by Gasteiger charge is -2.31. The smallest absolute Gasteiger partial charge is 0.320 e. The number of hydrogen-bond acceptors (Lipinski definition) is 4. The minimum Gasteiger partial charge on any atom is -0.480 e. The Balaban J connectivity index is 2.71. The molecule has 0 radical (unpaired) electrons. The zero-order valence-corrected chi connectivity index (χ0v) is 7.50. The summed E-state index contributed by atoms with van der Waals surface area (Å²) in [5, 5.41) is 27.8. The fraction of sp³-hybridized carbons (Fsp3) is 0.444. The van der Waals surface area contributed by atoms with Crippen LogP contribution in [0.5, 0.6) is 0 Å². The van der Waals surface area contributed by atoms with Crippen LogP contribution in [0.15, 0.2) is 24.3 Å². The van der Waals surface area contributed by atoms with E-state index >= 15 is 0 Å². The number of carbonyl (C=O) groups is 1. The van der Waals surface area contributed by atoms with Crippen molar-refractivity contribution >= 4 is 5.97 Å². The first kappa shape index (κ1) is 10.9. The summed E-state index contributed by atoms with van der Waals surface area (Å²) >= 11 is 0. The third-order valence-electron chi connectivity index (χ3n) is 2.17. The molecular weight excluding hydrogens is 186 g/mol. The minimum absolute atomic E-state index is 0.218. The third kappa shape index (κ3) is 2.20. The maximum atomic E-state index is 10.5. The molecule has 5 heteroatoms. The van der Waals surface area contributed by atoms with Crippen LogP contribution in [0.1, 0.15) is 6.42 Å². The minimum atomic E-state index is -1.58. The number of carboxylic acids is 1. The van der Waals surface area contributed by atoms with Gasteiger partial charge in [0.05, 0.1) is 0 Å². The molecule has 1 aliphatic rings. The molecule has 0 spiro atoms. The summed E-state index contributed by atoms with van der Waals surface area (Å²) in [5.74, 6) is -1.20. The van der Waals surface area contributed by atoms with Gasteiger partial charge < -0.3 is 21.1 Å². The van der Waals surface area contributed by atoms with Gasteiger partial charge in [0.25, 0.3) is 0 Å². The van der Waals surface area contributed by atoms with Crippen molar-refractivity contribution in [2.45, 2.75) is 24.2 Å². The van der Waals surface area contributed by atoms with Crippen LogP contribution in [0.25, 0.3) is 0 Å². The number of rotatable bonds is 3. The Kier molecular flexibility index (Phi) is 3.05. The number of aliphatic carboxylic acids is 1. The van der Waals surface area contributed by atoms with Crippen LogP contribution in [0.3, 0.4) is 0 Å². The number of aliphatic hydroxyl groups excluding tert-OH is 1. The van der Waals surface area contributed by atoms with Gasteiger partial charge in [-0.3, -0.25) is 4.79 Å². The van der Waals surface area contributed by atoms with Crippen LogP contribution in [-0.4, -0.2) is 39.0 Å². The quantitative estimate of drug-likeness (QED) is 0.467. The molecule has 0 aromatic rings. The lowest BCUT2D eigenvalue weighted by Crippen LogP contribution is -2.47. The molecule has 0 saturated heterocycles. The molecule has 5 nitrogen and oxygen atoms in total. The van der Waals surface area contributed by atoms with E-state index in [2.05, 4.69) is 0 Å². The first-order chi connectivity index (χ1) is 6.46. The van der Waals surface area contributed by atoms with Crippen molar-refractivity contribution in [2.75, 3.05) is 0 Å². The molecule has 0 aromatic heterocycles. The molecule has 0 aromatic carbocycles. The zero-order valence-electron chi connectivity index (χ0n) is 7.50. The normalized spacial score (nSPS) is 32.9. The highest BCUT2D eigenvalue weighted by Crippen LogP contribution is 2.23. The molecule has 3 atom stereocenters. The fourth-order valence-corrected chi connectivity index (χ4v) is 1.29. The predicted octanol–water partition coefficient (Wildman–Crippen LogP) is -0.994. The zero-order chi connectivity index (χ0) is 10.8. The van der Waals surface area contributed by atoms with Gasteiger partial charge in [-0.05, 0) is 0 Å². The first-order valence-electron chi connectivity index (χ1n) is 4.20. The van der Waals surface area contributed by atoms with Crippen molar-refractivity contribution < 1.29 is 20.1 Å². The van der Waals surface area contributed by atoms with Gasteiger partial charge in [-0.25, -0.2) is 0 Å². The summed E-state index contributed by atoms with van der Waals surface area (Å²) in [6.45, 7) is 0. The van der Waals surface area contributed by atoms with Crippen LogP contribution < -0.4 is 5.73 Å². The molecule has 0 heterocycles. The SMILES string of the molecule is NC(CC1(O)C=CC=CC1O)C(=O)O. The van der Waals surface area contributed by atoms with E-state index in [1.807, 2.05) is 0 Å². The Morgan fingerprint density at radius 2 is 2.21 bits per heavy atom. The van der Waals surface area contributed by atoms with Gasteiger partial charge in [0, 0.05) is 6.42 Å². The average Bonchev–Trinajstić information content (AvgIpc) is 2.10. The second-order valence-corrected chi connectivity index (χ2v) is 3.33. The molecule has 78 valence electrons. The van der Waals surface area contributed by atoms with E-state index in [9.17, 15) is 15.0 Å². The van der Waals surface area contributed by atoms with Crippen LogP contribution in [0, 0.1) is 0 Å². The summed E-state index contributed by atoms with van der Waals surface area (Å²) in [4.78, 5) is 10.5. The number of hydrogen-bond donors (Lipinski definition) is 4. The molecule has 3 unspecified atom stereocenters. The summed E-state index contributed by atoms with van der Waals surface area (Å²) in [6, 6.07) is -1.19. The molecule has 1 aliphatic carbocycles. The monoisotopic (exact) mass is 199 g/mol. The first-order valence-corrected chi connectivity index (χ1v) is 4.20. The van der Waals surface area contributed by atoms with Crippen molar-refractivity contribution in [3.8, 4) is 0 Å². The molecule has 0 amide bonds. The van der Waals surface area contributed by atoms with Crippen molar-refractivity contribution in [3.63, 3.8) is 0 Å². The molecule has 0 aliphatic heterocycles. The maximum Gasteiger partial charge on any atom is 0.320 e. The topological polar surface area (TPSA) is 104 Å². The number of carboxylic acid groups (broad SMARTS) is 1. The summed E-state index contributed by atoms with van der Waals surface area (Å²) in [7, 11) is 0. The molecular formula is C9H13NO4. The fourth-order valence-electron chi connectivity index (χ4n) is 1.29. The Labute approximate surface area is 81.2 Å². The van der Waals surface area contributed by atoms with E-state index in [4.69, 9.17) is 10.8 Å². The number of nitrogens with two attached hydrogens (primary N) is 1. The third-order valence-corrected chi connectivity index (χ3v) is 2.17. The molecule has 0 fully saturated rings. The van der Waals surface area contributed by atoms with E-state index < -0.39 is 23.7 Å². The van der Waals surface area contributed by atoms with E-state index in [0.29, 0.717) is 0 Å². The van der Waals surface area contributed by atoms with Gasteiger partial charge in [-0.2, -0.15) is 0 Å². The van der Waals surface area contributed by atoms with Crippen LogP contribution in [0.4, 0.5) is 0 Å². The second-order valence-electron chi connectivity index (χ2n) is 3.33. The molecule has 0 bridgehead atoms. The average molecular weight is 199 g/mol. The molecule has 0 saturated carbocycles. The molecule has 14 heavy (non-hydrogen) atoms. The van der Waals surface area contributed by atoms with E-state index in [0.717, 1.165) is 0 Å². The lowest BCUT2D eigenvalue weighted by atomic mass is 9.86. The van der Waals surface area contributed by atoms with Crippen molar-refractivity contribution in [1.29, 1.82) is 0 Å². The van der Waals surface area contributed by atoms with E-state index in [1.165, 1.54) is 12.2 Å². The van der Waals surface area contributed by atoms with Gasteiger partial charge in [-0.1, -0.05) is 24.3 Å². The standard InChI is InChI=1S/C9H13NO4/c10-6(8(12)13)5-9(14)4-2-1-3-7(9)11/h1-4,6-7,11,14H,5,10H2,(H,12,13). The van der Waals surface area contributed by atoms with Crippen molar-refractivity contribution in [2.24, 2.45) is 5.73 Å². The lowest BCUT2D eigenvalue weighted by molar-refractivity contribution is -0.140. The Morgan fingerprint density at radius 1 is 1.57 bits per heavy atom. The van der Waals surface area contributed by atoms with Gasteiger partial charge in [0.2, 0.25) is 0 Å². The highest BCUT2D eigenvalue weighted by Gasteiger charge is 2.36. The van der Waals surface area contributed by atoms with Crippen LogP contribution in [-0.2, 0) is 4.79 Å². The molecule has 5 N–H and O–H groups in total. The van der Waals surface area contributed by atoms with Gasteiger partial charge in [-0.15, -0.1) is 0 Å². The summed E-state index contributed by atoms with van der Waals surface area (Å²) < 4.78 is 0. The highest BCUT2D eigenvalue weighted by atomic mass is 16.4.